The summed E-state index contributed by atoms with van der Waals surface area (Å²) in [5.74, 6) is 1.60. The molecule has 0 radical (unpaired) electrons. The first-order valence-corrected chi connectivity index (χ1v) is 9.05. The smallest absolute Gasteiger partial charge is 0.123 e. The summed E-state index contributed by atoms with van der Waals surface area (Å²) in [5, 5.41) is 13.3. The summed E-state index contributed by atoms with van der Waals surface area (Å²) in [4.78, 5) is 0. The molecular formula is C20H35NO4. The summed E-state index contributed by atoms with van der Waals surface area (Å²) < 4.78 is 16.7. The Kier molecular flexibility index (Phi) is 9.25. The van der Waals surface area contributed by atoms with Gasteiger partial charge in [-0.05, 0) is 50.4 Å². The molecule has 0 aromatic heterocycles. The summed E-state index contributed by atoms with van der Waals surface area (Å²) in [6.45, 7) is 12.8. The molecule has 0 fully saturated rings. The predicted molar refractivity (Wildman–Crippen MR) is 102 cm³/mol. The monoisotopic (exact) mass is 353 g/mol. The zero-order chi connectivity index (χ0) is 18.9. The topological polar surface area (TPSA) is 60.0 Å². The van der Waals surface area contributed by atoms with E-state index < -0.39 is 6.10 Å². The lowest BCUT2D eigenvalue weighted by Gasteiger charge is -2.24. The van der Waals surface area contributed by atoms with Crippen molar-refractivity contribution in [2.45, 2.75) is 58.7 Å². The molecular weight excluding hydrogens is 318 g/mol. The van der Waals surface area contributed by atoms with Gasteiger partial charge in [0.15, 0.2) is 0 Å². The van der Waals surface area contributed by atoms with E-state index in [2.05, 4.69) is 26.1 Å². The summed E-state index contributed by atoms with van der Waals surface area (Å²) in [7, 11) is 1.66. The highest BCUT2D eigenvalue weighted by molar-refractivity contribution is 5.44. The molecule has 0 saturated carbocycles. The molecule has 1 rings (SSSR count). The molecule has 0 heterocycles. The van der Waals surface area contributed by atoms with Gasteiger partial charge in [0.05, 0.1) is 13.2 Å². The van der Waals surface area contributed by atoms with Crippen molar-refractivity contribution < 1.29 is 19.3 Å². The van der Waals surface area contributed by atoms with Gasteiger partial charge in [-0.3, -0.25) is 0 Å². The van der Waals surface area contributed by atoms with Crippen LogP contribution in [0.3, 0.4) is 0 Å². The first-order chi connectivity index (χ1) is 11.7. The molecule has 1 aromatic carbocycles. The fourth-order valence-electron chi connectivity index (χ4n) is 2.38. The number of nitrogens with one attached hydrogen (secondary N) is 1. The number of hydrogen-bond donors (Lipinski definition) is 2. The molecule has 0 aliphatic carbocycles. The van der Waals surface area contributed by atoms with Gasteiger partial charge in [-0.15, -0.1) is 0 Å². The Morgan fingerprint density at radius 3 is 2.52 bits per heavy atom. The third kappa shape index (κ3) is 8.56. The number of benzene rings is 1. The molecule has 144 valence electrons. The van der Waals surface area contributed by atoms with E-state index in [1.54, 1.807) is 7.11 Å². The Morgan fingerprint density at radius 2 is 1.92 bits per heavy atom. The molecule has 5 heteroatoms. The van der Waals surface area contributed by atoms with Crippen LogP contribution < -0.4 is 14.8 Å². The Hall–Kier alpha value is -1.30. The number of rotatable bonds is 11. The molecule has 5 nitrogen and oxygen atoms in total. The third-order valence-electron chi connectivity index (χ3n) is 3.76. The van der Waals surface area contributed by atoms with Crippen LogP contribution in [0.4, 0.5) is 0 Å². The second kappa shape index (κ2) is 10.6. The van der Waals surface area contributed by atoms with E-state index in [4.69, 9.17) is 14.2 Å². The lowest BCUT2D eigenvalue weighted by Crippen LogP contribution is -2.32. The summed E-state index contributed by atoms with van der Waals surface area (Å²) in [6, 6.07) is 5.78. The first kappa shape index (κ1) is 21.7. The van der Waals surface area contributed by atoms with Crippen LogP contribution in [-0.4, -0.2) is 50.7 Å². The molecule has 1 aromatic rings. The van der Waals surface area contributed by atoms with Crippen molar-refractivity contribution in [3.8, 4) is 11.5 Å². The van der Waals surface area contributed by atoms with Gasteiger partial charge in [-0.25, -0.2) is 0 Å². The fraction of sp³-hybridized carbons (Fsp3) is 0.700. The van der Waals surface area contributed by atoms with E-state index >= 15 is 0 Å². The molecule has 0 unspecified atom stereocenters. The standard InChI is InChI=1S/C20H35NO4/c1-15(2)24-11-7-10-21-13-16(22)14-25-19-9-8-17(23-6)12-18(19)20(3,4)5/h8-9,12,15-16,21-22H,7,10-11,13-14H2,1-6H3/t16-/m1/s1. The van der Waals surface area contributed by atoms with Crippen LogP contribution in [0.15, 0.2) is 18.2 Å². The zero-order valence-corrected chi connectivity index (χ0v) is 16.6. The van der Waals surface area contributed by atoms with Gasteiger partial charge in [0.1, 0.15) is 24.2 Å². The van der Waals surface area contributed by atoms with Gasteiger partial charge in [-0.2, -0.15) is 0 Å². The second-order valence-corrected chi connectivity index (χ2v) is 7.55. The minimum atomic E-state index is -0.555. The highest BCUT2D eigenvalue weighted by atomic mass is 16.5. The lowest BCUT2D eigenvalue weighted by molar-refractivity contribution is 0.0748. The quantitative estimate of drug-likeness (QED) is 0.599. The Balaban J connectivity index is 2.41. The van der Waals surface area contributed by atoms with Crippen molar-refractivity contribution >= 4 is 0 Å². The van der Waals surface area contributed by atoms with Gasteiger partial charge in [0.2, 0.25) is 0 Å². The largest absolute Gasteiger partial charge is 0.497 e. The van der Waals surface area contributed by atoms with Crippen LogP contribution in [0.2, 0.25) is 0 Å². The van der Waals surface area contributed by atoms with E-state index in [0.717, 1.165) is 36.6 Å². The average molecular weight is 354 g/mol. The van der Waals surface area contributed by atoms with Crippen LogP contribution in [0.25, 0.3) is 0 Å². The molecule has 0 saturated heterocycles. The van der Waals surface area contributed by atoms with Crippen molar-refractivity contribution in [1.29, 1.82) is 0 Å². The maximum atomic E-state index is 10.1. The molecule has 1 atom stereocenters. The van der Waals surface area contributed by atoms with Gasteiger partial charge in [-0.1, -0.05) is 20.8 Å². The molecule has 0 aliphatic heterocycles. The molecule has 0 aliphatic rings. The number of aliphatic hydroxyl groups is 1. The van der Waals surface area contributed by atoms with Crippen LogP contribution in [0.1, 0.15) is 46.6 Å². The number of methoxy groups -OCH3 is 1. The van der Waals surface area contributed by atoms with E-state index in [9.17, 15) is 5.11 Å². The van der Waals surface area contributed by atoms with E-state index in [0.29, 0.717) is 6.54 Å². The normalized spacial score (nSPS) is 13.1. The van der Waals surface area contributed by atoms with Crippen molar-refractivity contribution in [2.24, 2.45) is 0 Å². The van der Waals surface area contributed by atoms with Crippen LogP contribution in [-0.2, 0) is 10.2 Å². The van der Waals surface area contributed by atoms with Gasteiger partial charge >= 0.3 is 0 Å². The van der Waals surface area contributed by atoms with E-state index in [1.165, 1.54) is 0 Å². The predicted octanol–water partition coefficient (Wildman–Crippen LogP) is 3.14. The van der Waals surface area contributed by atoms with Crippen molar-refractivity contribution in [1.82, 2.24) is 5.32 Å². The third-order valence-corrected chi connectivity index (χ3v) is 3.76. The summed E-state index contributed by atoms with van der Waals surface area (Å²) >= 11 is 0. The van der Waals surface area contributed by atoms with Gasteiger partial charge in [0, 0.05) is 18.7 Å². The van der Waals surface area contributed by atoms with Crippen LogP contribution in [0.5, 0.6) is 11.5 Å². The van der Waals surface area contributed by atoms with Crippen molar-refractivity contribution in [2.75, 3.05) is 33.4 Å². The maximum Gasteiger partial charge on any atom is 0.123 e. The van der Waals surface area contributed by atoms with Gasteiger partial charge < -0.3 is 24.6 Å². The molecule has 0 amide bonds. The SMILES string of the molecule is COc1ccc(OC[C@H](O)CNCCCOC(C)C)c(C(C)(C)C)c1. The first-order valence-electron chi connectivity index (χ1n) is 9.05. The average Bonchev–Trinajstić information content (AvgIpc) is 2.54. The fourth-order valence-corrected chi connectivity index (χ4v) is 2.38. The lowest BCUT2D eigenvalue weighted by atomic mass is 9.86. The molecule has 0 bridgehead atoms. The summed E-state index contributed by atoms with van der Waals surface area (Å²) in [5.41, 5.74) is 1.00. The zero-order valence-electron chi connectivity index (χ0n) is 16.6. The molecule has 25 heavy (non-hydrogen) atoms. The Bertz CT molecular complexity index is 497. The molecule has 2 N–H and O–H groups in total. The molecule has 0 spiro atoms. The van der Waals surface area contributed by atoms with Crippen LogP contribution >= 0.6 is 0 Å². The van der Waals surface area contributed by atoms with E-state index in [1.807, 2.05) is 32.0 Å². The number of aliphatic hydroxyl groups excluding tert-OH is 1. The Labute approximate surface area is 152 Å². The second-order valence-electron chi connectivity index (χ2n) is 7.55. The van der Waals surface area contributed by atoms with Crippen molar-refractivity contribution in [3.05, 3.63) is 23.8 Å². The number of ether oxygens (including phenoxy) is 3. The van der Waals surface area contributed by atoms with Crippen LogP contribution in [0, 0.1) is 0 Å². The number of hydrogen-bond acceptors (Lipinski definition) is 5. The highest BCUT2D eigenvalue weighted by Crippen LogP contribution is 2.34. The summed E-state index contributed by atoms with van der Waals surface area (Å²) in [6.07, 6.45) is 0.639. The minimum Gasteiger partial charge on any atom is -0.497 e. The minimum absolute atomic E-state index is 0.0660. The Morgan fingerprint density at radius 1 is 1.20 bits per heavy atom. The van der Waals surface area contributed by atoms with Crippen molar-refractivity contribution in [3.63, 3.8) is 0 Å². The van der Waals surface area contributed by atoms with Gasteiger partial charge in [0.25, 0.3) is 0 Å². The van der Waals surface area contributed by atoms with E-state index in [-0.39, 0.29) is 18.1 Å². The maximum absolute atomic E-state index is 10.1. The highest BCUT2D eigenvalue weighted by Gasteiger charge is 2.20.